The fourth-order valence-corrected chi connectivity index (χ4v) is 6.15. The van der Waals surface area contributed by atoms with Crippen molar-refractivity contribution in [3.05, 3.63) is 139 Å². The van der Waals surface area contributed by atoms with Gasteiger partial charge in [-0.3, -0.25) is 0 Å². The normalized spacial score (nSPS) is 12.3. The van der Waals surface area contributed by atoms with E-state index in [-0.39, 0.29) is 0 Å². The average Bonchev–Trinajstić information content (AvgIpc) is 3.49. The molecule has 0 saturated carbocycles. The second-order valence-corrected chi connectivity index (χ2v) is 9.79. The molecule has 1 nitrogen and oxygen atoms in total. The second kappa shape index (κ2) is 7.44. The van der Waals surface area contributed by atoms with Crippen molar-refractivity contribution < 1.29 is 0 Å². The fraction of sp³-hybridized carbons (Fsp3) is 0.0286. The Bertz CT molecular complexity index is 1960. The van der Waals surface area contributed by atoms with Crippen LogP contribution in [0.5, 0.6) is 0 Å². The number of hydrogen-bond acceptors (Lipinski definition) is 0. The SMILES string of the molecule is c1ccc(-n2c3ccccc3c3cc(-c4ccc5c6c(ccc5c4)Cc4ccccc4-6)ccc32)cc1. The predicted octanol–water partition coefficient (Wildman–Crippen LogP) is 9.18. The van der Waals surface area contributed by atoms with Crippen LogP contribution < -0.4 is 0 Å². The van der Waals surface area contributed by atoms with Gasteiger partial charge in [0.25, 0.3) is 0 Å². The Morgan fingerprint density at radius 2 is 1.22 bits per heavy atom. The van der Waals surface area contributed by atoms with Crippen LogP contribution in [0.15, 0.2) is 127 Å². The largest absolute Gasteiger partial charge is 0.309 e. The van der Waals surface area contributed by atoms with Crippen LogP contribution in [0.1, 0.15) is 11.1 Å². The molecule has 0 bridgehead atoms. The van der Waals surface area contributed by atoms with Crippen LogP contribution in [0.2, 0.25) is 0 Å². The van der Waals surface area contributed by atoms with Crippen LogP contribution in [0.4, 0.5) is 0 Å². The standard InChI is InChI=1S/C35H23N/c1-2-9-28(10-3-1)36-33-13-7-6-12-31(33)32-22-24(17-19-34(32)36)23-16-18-30-26(20-23)14-15-27-21-25-8-4-5-11-29(25)35(27)30/h1-20,22H,21H2. The molecule has 1 heterocycles. The lowest BCUT2D eigenvalue weighted by Crippen LogP contribution is -1.92. The molecule has 8 rings (SSSR count). The van der Waals surface area contributed by atoms with Gasteiger partial charge in [0.1, 0.15) is 0 Å². The Balaban J connectivity index is 1.32. The van der Waals surface area contributed by atoms with Gasteiger partial charge in [0.2, 0.25) is 0 Å². The molecule has 0 atom stereocenters. The third kappa shape index (κ3) is 2.77. The molecule has 1 aliphatic rings. The molecular weight excluding hydrogens is 434 g/mol. The highest BCUT2D eigenvalue weighted by Crippen LogP contribution is 2.42. The first-order chi connectivity index (χ1) is 17.8. The maximum absolute atomic E-state index is 2.37. The van der Waals surface area contributed by atoms with E-state index < -0.39 is 0 Å². The zero-order valence-electron chi connectivity index (χ0n) is 19.8. The number of hydrogen-bond donors (Lipinski definition) is 0. The van der Waals surface area contributed by atoms with E-state index in [0.717, 1.165) is 6.42 Å². The second-order valence-electron chi connectivity index (χ2n) is 9.79. The van der Waals surface area contributed by atoms with Gasteiger partial charge in [-0.15, -0.1) is 0 Å². The topological polar surface area (TPSA) is 4.93 Å². The maximum Gasteiger partial charge on any atom is 0.0541 e. The van der Waals surface area contributed by atoms with Gasteiger partial charge in [0.05, 0.1) is 11.0 Å². The molecular formula is C35H23N. The smallest absolute Gasteiger partial charge is 0.0541 e. The van der Waals surface area contributed by atoms with Crippen LogP contribution in [0.3, 0.4) is 0 Å². The van der Waals surface area contributed by atoms with E-state index >= 15 is 0 Å². The number of benzene rings is 6. The molecule has 1 aromatic heterocycles. The first kappa shape index (κ1) is 19.7. The average molecular weight is 458 g/mol. The molecule has 0 N–H and O–H groups in total. The highest BCUT2D eigenvalue weighted by molar-refractivity contribution is 6.11. The first-order valence-electron chi connectivity index (χ1n) is 12.6. The van der Waals surface area contributed by atoms with Crippen molar-refractivity contribution in [3.63, 3.8) is 0 Å². The Labute approximate surface area is 209 Å². The quantitative estimate of drug-likeness (QED) is 0.244. The first-order valence-corrected chi connectivity index (χ1v) is 12.6. The lowest BCUT2D eigenvalue weighted by Gasteiger charge is -2.10. The molecule has 0 spiro atoms. The lowest BCUT2D eigenvalue weighted by molar-refractivity contribution is 1.18. The number of aromatic nitrogens is 1. The lowest BCUT2D eigenvalue weighted by atomic mass is 9.94. The van der Waals surface area contributed by atoms with Gasteiger partial charge in [0, 0.05) is 16.5 Å². The summed E-state index contributed by atoms with van der Waals surface area (Å²) in [4.78, 5) is 0. The van der Waals surface area contributed by atoms with Crippen LogP contribution >= 0.6 is 0 Å². The molecule has 1 aliphatic carbocycles. The third-order valence-corrected chi connectivity index (χ3v) is 7.79. The Morgan fingerprint density at radius 1 is 0.472 bits per heavy atom. The monoisotopic (exact) mass is 457 g/mol. The van der Waals surface area contributed by atoms with E-state index in [4.69, 9.17) is 0 Å². The van der Waals surface area contributed by atoms with Crippen molar-refractivity contribution in [3.8, 4) is 27.9 Å². The van der Waals surface area contributed by atoms with Gasteiger partial charge in [-0.1, -0.05) is 91.0 Å². The molecule has 168 valence electrons. The molecule has 0 fully saturated rings. The minimum atomic E-state index is 1.03. The molecule has 6 aromatic carbocycles. The Hall–Kier alpha value is -4.62. The van der Waals surface area contributed by atoms with E-state index in [0.29, 0.717) is 0 Å². The van der Waals surface area contributed by atoms with Gasteiger partial charge in [-0.25, -0.2) is 0 Å². The van der Waals surface area contributed by atoms with E-state index in [9.17, 15) is 0 Å². The summed E-state index contributed by atoms with van der Waals surface area (Å²) in [6.45, 7) is 0. The molecule has 0 amide bonds. The highest BCUT2D eigenvalue weighted by Gasteiger charge is 2.20. The number of para-hydroxylation sites is 2. The zero-order valence-corrected chi connectivity index (χ0v) is 19.8. The zero-order chi connectivity index (χ0) is 23.6. The van der Waals surface area contributed by atoms with E-state index in [1.54, 1.807) is 0 Å². The summed E-state index contributed by atoms with van der Waals surface area (Å²) in [7, 11) is 0. The van der Waals surface area contributed by atoms with Crippen molar-refractivity contribution >= 4 is 32.6 Å². The number of rotatable bonds is 2. The van der Waals surface area contributed by atoms with E-state index in [2.05, 4.69) is 132 Å². The maximum atomic E-state index is 2.37. The molecule has 0 aliphatic heterocycles. The van der Waals surface area contributed by atoms with Gasteiger partial charge in [0.15, 0.2) is 0 Å². The van der Waals surface area contributed by atoms with Crippen molar-refractivity contribution in [1.29, 1.82) is 0 Å². The van der Waals surface area contributed by atoms with E-state index in [1.165, 1.54) is 71.6 Å². The minimum absolute atomic E-state index is 1.03. The van der Waals surface area contributed by atoms with Crippen molar-refractivity contribution in [2.45, 2.75) is 6.42 Å². The molecule has 36 heavy (non-hydrogen) atoms. The van der Waals surface area contributed by atoms with E-state index in [1.807, 2.05) is 0 Å². The molecule has 0 radical (unpaired) electrons. The van der Waals surface area contributed by atoms with Gasteiger partial charge < -0.3 is 4.57 Å². The summed E-state index contributed by atoms with van der Waals surface area (Å²) in [6, 6.07) is 46.7. The summed E-state index contributed by atoms with van der Waals surface area (Å²) >= 11 is 0. The summed E-state index contributed by atoms with van der Waals surface area (Å²) in [5, 5.41) is 5.22. The van der Waals surface area contributed by atoms with Crippen LogP contribution in [0.25, 0.3) is 60.5 Å². The summed E-state index contributed by atoms with van der Waals surface area (Å²) in [5.74, 6) is 0. The number of fused-ring (bicyclic) bond motifs is 8. The van der Waals surface area contributed by atoms with Crippen molar-refractivity contribution in [2.24, 2.45) is 0 Å². The summed E-state index contributed by atoms with van der Waals surface area (Å²) < 4.78 is 2.37. The molecule has 1 heteroatoms. The van der Waals surface area contributed by atoms with Gasteiger partial charge >= 0.3 is 0 Å². The molecule has 0 unspecified atom stereocenters. The highest BCUT2D eigenvalue weighted by atomic mass is 15.0. The van der Waals surface area contributed by atoms with Crippen LogP contribution in [-0.2, 0) is 6.42 Å². The number of nitrogens with zero attached hydrogens (tertiary/aromatic N) is 1. The molecule has 7 aromatic rings. The minimum Gasteiger partial charge on any atom is -0.309 e. The summed E-state index contributed by atoms with van der Waals surface area (Å²) in [6.07, 6.45) is 1.03. The van der Waals surface area contributed by atoms with Crippen molar-refractivity contribution in [2.75, 3.05) is 0 Å². The Morgan fingerprint density at radius 3 is 2.17 bits per heavy atom. The summed E-state index contributed by atoms with van der Waals surface area (Å²) in [5.41, 5.74) is 11.8. The Kier molecular flexibility index (Phi) is 4.06. The van der Waals surface area contributed by atoms with Crippen LogP contribution in [0, 0.1) is 0 Å². The third-order valence-electron chi connectivity index (χ3n) is 7.79. The van der Waals surface area contributed by atoms with Crippen LogP contribution in [-0.4, -0.2) is 4.57 Å². The fourth-order valence-electron chi connectivity index (χ4n) is 6.15. The van der Waals surface area contributed by atoms with Crippen molar-refractivity contribution in [1.82, 2.24) is 4.57 Å². The van der Waals surface area contributed by atoms with Gasteiger partial charge in [-0.05, 0) is 87.0 Å². The predicted molar refractivity (Wildman–Crippen MR) is 152 cm³/mol. The van der Waals surface area contributed by atoms with Gasteiger partial charge in [-0.2, -0.15) is 0 Å². The molecule has 0 saturated heterocycles.